The molecule has 2 aromatic heterocycles. The zero-order valence-electron chi connectivity index (χ0n) is 31.1. The Morgan fingerprint density at radius 2 is 0.897 bits per heavy atom. The minimum Gasteiger partial charge on any atom is -0.456 e. The van der Waals surface area contributed by atoms with Gasteiger partial charge in [-0.1, -0.05) is 162 Å². The lowest BCUT2D eigenvalue weighted by Crippen LogP contribution is -2.37. The molecule has 0 saturated carbocycles. The average molecular weight is 810 g/mol. The highest BCUT2D eigenvalue weighted by Crippen LogP contribution is 2.59. The summed E-state index contributed by atoms with van der Waals surface area (Å²) in [5, 5.41) is 2.22. The van der Waals surface area contributed by atoms with E-state index in [0.29, 0.717) is 17.5 Å². The summed E-state index contributed by atoms with van der Waals surface area (Å²) < 4.78 is 7.82. The van der Waals surface area contributed by atoms with Crippen molar-refractivity contribution in [1.82, 2.24) is 15.0 Å². The second-order valence-corrected chi connectivity index (χ2v) is 15.4. The topological polar surface area (TPSA) is 55.1 Å². The Morgan fingerprint density at radius 3 is 1.53 bits per heavy atom. The summed E-state index contributed by atoms with van der Waals surface area (Å²) in [4.78, 5) is 17.3. The van der Waals surface area contributed by atoms with E-state index in [1.165, 1.54) is 16.7 Å². The molecule has 0 amide bonds. The summed E-state index contributed by atoms with van der Waals surface area (Å²) in [6.45, 7) is 0. The predicted octanol–water partition coefficient (Wildman–Crippen LogP) is 13.7. The number of fused-ring (bicyclic) bond motifs is 5. The molecule has 0 N–H and O–H groups in total. The Bertz CT molecular complexity index is 3080. The van der Waals surface area contributed by atoms with Crippen LogP contribution in [0.5, 0.6) is 0 Å². The Morgan fingerprint density at radius 1 is 0.414 bits per heavy atom. The number of furan rings is 1. The molecule has 8 aromatic carbocycles. The molecule has 0 atom stereocenters. The number of nitrogens with zero attached hydrogens (tertiary/aromatic N) is 4. The molecule has 1 aliphatic rings. The molecule has 274 valence electrons. The van der Waals surface area contributed by atoms with Crippen LogP contribution >= 0.6 is 15.9 Å². The summed E-state index contributed by atoms with van der Waals surface area (Å²) in [6, 6.07) is 70.1. The number of benzene rings is 8. The first kappa shape index (κ1) is 34.1. The third-order valence-electron chi connectivity index (χ3n) is 11.3. The highest BCUT2D eigenvalue weighted by molar-refractivity contribution is 9.10. The number of rotatable bonds is 6. The zero-order chi connectivity index (χ0) is 38.6. The van der Waals surface area contributed by atoms with Crippen molar-refractivity contribution in [1.29, 1.82) is 0 Å². The van der Waals surface area contributed by atoms with Gasteiger partial charge in [0.15, 0.2) is 17.5 Å². The van der Waals surface area contributed by atoms with Gasteiger partial charge < -0.3 is 9.32 Å². The molecule has 11 rings (SSSR count). The van der Waals surface area contributed by atoms with Gasteiger partial charge in [-0.25, -0.2) is 15.0 Å². The van der Waals surface area contributed by atoms with Crippen molar-refractivity contribution in [3.63, 3.8) is 0 Å². The maximum absolute atomic E-state index is 6.83. The van der Waals surface area contributed by atoms with E-state index < -0.39 is 5.41 Å². The fourth-order valence-electron chi connectivity index (χ4n) is 8.72. The molecular weight excluding hydrogens is 777 g/mol. The van der Waals surface area contributed by atoms with Crippen molar-refractivity contribution < 1.29 is 4.42 Å². The van der Waals surface area contributed by atoms with Crippen LogP contribution in [0.1, 0.15) is 22.3 Å². The van der Waals surface area contributed by atoms with Gasteiger partial charge in [-0.3, -0.25) is 0 Å². The van der Waals surface area contributed by atoms with E-state index in [0.717, 1.165) is 65.7 Å². The van der Waals surface area contributed by atoms with Crippen LogP contribution in [-0.4, -0.2) is 15.0 Å². The van der Waals surface area contributed by atoms with Crippen LogP contribution in [-0.2, 0) is 5.41 Å². The van der Waals surface area contributed by atoms with Crippen LogP contribution in [0, 0.1) is 0 Å². The molecule has 10 aromatic rings. The largest absolute Gasteiger partial charge is 0.456 e. The van der Waals surface area contributed by atoms with E-state index in [4.69, 9.17) is 19.4 Å². The van der Waals surface area contributed by atoms with Gasteiger partial charge in [-0.2, -0.15) is 0 Å². The van der Waals surface area contributed by atoms with Crippen LogP contribution in [0.25, 0.3) is 56.1 Å². The molecule has 0 spiro atoms. The van der Waals surface area contributed by atoms with Crippen LogP contribution in [0.3, 0.4) is 0 Å². The van der Waals surface area contributed by atoms with Gasteiger partial charge in [0.1, 0.15) is 11.2 Å². The molecule has 1 aliphatic heterocycles. The molecule has 0 unspecified atom stereocenters. The van der Waals surface area contributed by atoms with Gasteiger partial charge >= 0.3 is 0 Å². The number of hydrogen-bond donors (Lipinski definition) is 0. The monoisotopic (exact) mass is 808 g/mol. The molecule has 5 nitrogen and oxygen atoms in total. The van der Waals surface area contributed by atoms with E-state index in [2.05, 4.69) is 160 Å². The van der Waals surface area contributed by atoms with Crippen molar-refractivity contribution >= 4 is 54.9 Å². The van der Waals surface area contributed by atoms with Crippen molar-refractivity contribution in [3.8, 4) is 34.2 Å². The van der Waals surface area contributed by atoms with Crippen LogP contribution in [0.2, 0.25) is 0 Å². The molecule has 6 heteroatoms. The lowest BCUT2D eigenvalue weighted by atomic mass is 9.62. The standard InChI is InChI=1S/C52H33BrN4O/c53-38-30-26-35(27-31-38)50-54-49(34-14-3-1-4-15-34)55-51(56-50)36-28-32-39(33-29-36)57-45-23-10-8-20-42(45)52(37-16-5-2-6-17-37,43-21-9-11-24-46(43)57)44-22-13-19-41-40-18-7-12-25-47(40)58-48(41)44/h1-33H. The maximum Gasteiger partial charge on any atom is 0.164 e. The summed E-state index contributed by atoms with van der Waals surface area (Å²) >= 11 is 3.56. The summed E-state index contributed by atoms with van der Waals surface area (Å²) in [6.07, 6.45) is 0. The highest BCUT2D eigenvalue weighted by atomic mass is 79.9. The Hall–Kier alpha value is -7.15. The lowest BCUT2D eigenvalue weighted by molar-refractivity contribution is 0.643. The third-order valence-corrected chi connectivity index (χ3v) is 11.8. The van der Waals surface area contributed by atoms with E-state index in [9.17, 15) is 0 Å². The number of aromatic nitrogens is 3. The predicted molar refractivity (Wildman–Crippen MR) is 238 cm³/mol. The van der Waals surface area contributed by atoms with Gasteiger partial charge in [0.05, 0.1) is 16.8 Å². The normalized spacial score (nSPS) is 13.0. The minimum absolute atomic E-state index is 0.611. The molecule has 0 radical (unpaired) electrons. The van der Waals surface area contributed by atoms with Gasteiger partial charge in [-0.05, 0) is 71.3 Å². The zero-order valence-corrected chi connectivity index (χ0v) is 32.7. The fourth-order valence-corrected chi connectivity index (χ4v) is 8.99. The van der Waals surface area contributed by atoms with Crippen molar-refractivity contribution in [2.24, 2.45) is 0 Å². The smallest absolute Gasteiger partial charge is 0.164 e. The quantitative estimate of drug-likeness (QED) is 0.167. The molecule has 0 fully saturated rings. The minimum atomic E-state index is -0.694. The molecule has 0 aliphatic carbocycles. The second-order valence-electron chi connectivity index (χ2n) is 14.5. The fraction of sp³-hybridized carbons (Fsp3) is 0.0192. The maximum atomic E-state index is 6.83. The number of anilines is 3. The first-order valence-electron chi connectivity index (χ1n) is 19.3. The van der Waals surface area contributed by atoms with Gasteiger partial charge in [0.25, 0.3) is 0 Å². The molecule has 0 bridgehead atoms. The average Bonchev–Trinajstić information content (AvgIpc) is 3.68. The van der Waals surface area contributed by atoms with Gasteiger partial charge in [0.2, 0.25) is 0 Å². The van der Waals surface area contributed by atoms with Crippen molar-refractivity contribution in [3.05, 3.63) is 227 Å². The van der Waals surface area contributed by atoms with Crippen molar-refractivity contribution in [2.75, 3.05) is 4.90 Å². The molecular formula is C52H33BrN4O. The van der Waals surface area contributed by atoms with Gasteiger partial charge in [-0.15, -0.1) is 0 Å². The molecule has 3 heterocycles. The Kier molecular flexibility index (Phi) is 8.12. The number of hydrogen-bond acceptors (Lipinski definition) is 5. The SMILES string of the molecule is Brc1ccc(-c2nc(-c3ccccc3)nc(-c3ccc(N4c5ccccc5C(c5ccccc5)(c5cccc6c5oc5ccccc56)c5ccccc54)cc3)n2)cc1. The van der Waals surface area contributed by atoms with E-state index in [1.807, 2.05) is 60.7 Å². The van der Waals surface area contributed by atoms with Gasteiger partial charge in [0, 0.05) is 43.2 Å². The first-order valence-corrected chi connectivity index (χ1v) is 20.1. The third kappa shape index (κ3) is 5.41. The first-order chi connectivity index (χ1) is 28.7. The number of halogens is 1. The van der Waals surface area contributed by atoms with Crippen LogP contribution < -0.4 is 4.90 Å². The second kappa shape index (κ2) is 13.8. The highest BCUT2D eigenvalue weighted by Gasteiger charge is 2.47. The van der Waals surface area contributed by atoms with E-state index in [-0.39, 0.29) is 0 Å². The van der Waals surface area contributed by atoms with E-state index >= 15 is 0 Å². The molecule has 0 saturated heterocycles. The van der Waals surface area contributed by atoms with E-state index in [1.54, 1.807) is 0 Å². The summed E-state index contributed by atoms with van der Waals surface area (Å²) in [5.74, 6) is 1.86. The Labute approximate surface area is 344 Å². The molecule has 58 heavy (non-hydrogen) atoms. The van der Waals surface area contributed by atoms with Crippen LogP contribution in [0.15, 0.2) is 209 Å². The van der Waals surface area contributed by atoms with Crippen LogP contribution in [0.4, 0.5) is 17.1 Å². The summed E-state index contributed by atoms with van der Waals surface area (Å²) in [7, 11) is 0. The summed E-state index contributed by atoms with van der Waals surface area (Å²) in [5.41, 5.74) is 11.7. The number of para-hydroxylation sites is 4. The van der Waals surface area contributed by atoms with Crippen molar-refractivity contribution in [2.45, 2.75) is 5.41 Å². The Balaban J connectivity index is 1.10. The lowest BCUT2D eigenvalue weighted by Gasteiger charge is -2.46.